The lowest BCUT2D eigenvalue weighted by atomic mass is 10.1. The topological polar surface area (TPSA) is 72.5 Å². The molecule has 3 N–H and O–H groups in total. The number of nitrogens with two attached hydrogens (primary N) is 1. The van der Waals surface area contributed by atoms with E-state index >= 15 is 0 Å². The zero-order valence-electron chi connectivity index (χ0n) is 12.3. The van der Waals surface area contributed by atoms with Crippen molar-refractivity contribution in [2.45, 2.75) is 38.5 Å². The Balaban J connectivity index is 0.00000441. The summed E-state index contributed by atoms with van der Waals surface area (Å²) >= 11 is 3.02. The Hall–Kier alpha value is -0.0400. The van der Waals surface area contributed by atoms with Gasteiger partial charge in [0.15, 0.2) is 0 Å². The van der Waals surface area contributed by atoms with Crippen molar-refractivity contribution in [3.63, 3.8) is 0 Å². The quantitative estimate of drug-likeness (QED) is 0.638. The van der Waals surface area contributed by atoms with Crippen LogP contribution in [-0.4, -0.2) is 17.5 Å². The van der Waals surface area contributed by atoms with Crippen molar-refractivity contribution in [2.75, 3.05) is 6.54 Å². The largest absolute Gasteiger partial charge is 0.402 e. The molecule has 0 aliphatic rings. The van der Waals surface area contributed by atoms with Gasteiger partial charge in [0.25, 0.3) is 0 Å². The summed E-state index contributed by atoms with van der Waals surface area (Å²) in [7, 11) is -5.14. The van der Waals surface area contributed by atoms with Crippen LogP contribution in [0.25, 0.3) is 0 Å². The summed E-state index contributed by atoms with van der Waals surface area (Å²) in [6.07, 6.45) is 0.156. The molecule has 0 saturated carbocycles. The minimum atomic E-state index is -5.14. The fraction of sp³-hybridized carbons (Fsp3) is 0.538. The highest BCUT2D eigenvalue weighted by Crippen LogP contribution is 2.64. The Morgan fingerprint density at radius 2 is 2.09 bits per heavy atom. The summed E-state index contributed by atoms with van der Waals surface area (Å²) < 4.78 is 45.3. The van der Waals surface area contributed by atoms with E-state index in [1.165, 1.54) is 19.1 Å². The van der Waals surface area contributed by atoms with Crippen LogP contribution < -0.4 is 5.73 Å². The summed E-state index contributed by atoms with van der Waals surface area (Å²) in [6, 6.07) is 4.06. The lowest BCUT2D eigenvalue weighted by Gasteiger charge is -2.25. The number of halogens is 4. The van der Waals surface area contributed by atoms with Crippen LogP contribution in [0.3, 0.4) is 0 Å². The van der Waals surface area contributed by atoms with Crippen LogP contribution in [0.15, 0.2) is 22.7 Å². The van der Waals surface area contributed by atoms with Gasteiger partial charge in [0.1, 0.15) is 0 Å². The Morgan fingerprint density at radius 3 is 2.55 bits per heavy atom. The fourth-order valence-electron chi connectivity index (χ4n) is 1.66. The first-order valence-electron chi connectivity index (χ1n) is 6.53. The molecule has 128 valence electrons. The molecule has 1 rings (SSSR count). The summed E-state index contributed by atoms with van der Waals surface area (Å²) in [5.41, 5.74) is 1.61. The van der Waals surface area contributed by atoms with Crippen molar-refractivity contribution in [3.05, 3.63) is 33.8 Å². The molecule has 22 heavy (non-hydrogen) atoms. The molecule has 2 unspecified atom stereocenters. The fourth-order valence-corrected chi connectivity index (χ4v) is 3.76. The lowest BCUT2D eigenvalue weighted by Crippen LogP contribution is -2.19. The normalized spacial score (nSPS) is 15.8. The van der Waals surface area contributed by atoms with Crippen LogP contribution in [0.1, 0.15) is 31.4 Å². The van der Waals surface area contributed by atoms with E-state index in [1.54, 1.807) is 6.92 Å². The molecule has 0 amide bonds. The molecule has 0 spiro atoms. The molecule has 0 aromatic heterocycles. The van der Waals surface area contributed by atoms with Crippen molar-refractivity contribution in [1.29, 1.82) is 0 Å². The second-order valence-electron chi connectivity index (χ2n) is 4.74. The van der Waals surface area contributed by atoms with E-state index < -0.39 is 24.9 Å². The molecule has 2 atom stereocenters. The van der Waals surface area contributed by atoms with E-state index in [0.717, 1.165) is 11.6 Å². The van der Waals surface area contributed by atoms with E-state index in [9.17, 15) is 18.2 Å². The average Bonchev–Trinajstić information content (AvgIpc) is 2.38. The van der Waals surface area contributed by atoms with Crippen molar-refractivity contribution < 1.29 is 22.8 Å². The van der Waals surface area contributed by atoms with Crippen LogP contribution in [0.5, 0.6) is 0 Å². The van der Waals surface area contributed by atoms with Crippen molar-refractivity contribution >= 4 is 35.9 Å². The molecule has 0 bridgehead atoms. The van der Waals surface area contributed by atoms with Crippen LogP contribution in [0.4, 0.5) is 8.78 Å². The first kappa shape index (κ1) is 22.0. The van der Waals surface area contributed by atoms with Gasteiger partial charge in [0.2, 0.25) is 0 Å². The van der Waals surface area contributed by atoms with E-state index in [0.29, 0.717) is 19.4 Å². The van der Waals surface area contributed by atoms with Gasteiger partial charge >= 0.3 is 13.3 Å². The molecule has 1 aromatic rings. The molecule has 0 aliphatic heterocycles. The van der Waals surface area contributed by atoms with Crippen molar-refractivity contribution in [1.82, 2.24) is 0 Å². The third-order valence-corrected chi connectivity index (χ3v) is 5.30. The standard InChI is InChI=1S/C13H19BrF2NO3P.ClH/c1-3-9(2)20-21(18,19)13(15,16)11-5-4-10(6-7-17)8-12(11)14;/h4-5,8-9H,3,6-7,17H2,1-2H3,(H,18,19);1H. The molecule has 4 nitrogen and oxygen atoms in total. The zero-order chi connectivity index (χ0) is 16.3. The molecule has 0 fully saturated rings. The number of benzene rings is 1. The van der Waals surface area contributed by atoms with Gasteiger partial charge in [-0.05, 0) is 37.9 Å². The van der Waals surface area contributed by atoms with E-state index in [1.807, 2.05) is 0 Å². The molecule has 0 aliphatic carbocycles. The van der Waals surface area contributed by atoms with Crippen molar-refractivity contribution in [3.8, 4) is 0 Å². The molecular formula is C13H20BrClF2NO3P. The second kappa shape index (κ2) is 8.71. The smallest absolute Gasteiger partial charge is 0.330 e. The molecule has 9 heteroatoms. The average molecular weight is 423 g/mol. The van der Waals surface area contributed by atoms with Gasteiger partial charge < -0.3 is 15.2 Å². The van der Waals surface area contributed by atoms with Crippen LogP contribution in [0.2, 0.25) is 0 Å². The number of alkyl halides is 2. The molecule has 0 heterocycles. The van der Waals surface area contributed by atoms with Gasteiger partial charge in [-0.25, -0.2) is 0 Å². The predicted molar refractivity (Wildman–Crippen MR) is 88.7 cm³/mol. The Kier molecular flexibility index (Phi) is 8.70. The molecule has 1 aromatic carbocycles. The molecule has 0 saturated heterocycles. The Morgan fingerprint density at radius 1 is 1.50 bits per heavy atom. The third-order valence-electron chi connectivity index (χ3n) is 3.04. The van der Waals surface area contributed by atoms with E-state index in [2.05, 4.69) is 20.5 Å². The van der Waals surface area contributed by atoms with Crippen molar-refractivity contribution in [2.24, 2.45) is 5.73 Å². The second-order valence-corrected chi connectivity index (χ2v) is 7.41. The number of rotatable bonds is 7. The van der Waals surface area contributed by atoms with Crippen LogP contribution in [0, 0.1) is 0 Å². The molecule has 0 radical (unpaired) electrons. The SMILES string of the molecule is CCC(C)OP(=O)(O)C(F)(F)c1ccc(CCN)cc1Br.Cl. The zero-order valence-corrected chi connectivity index (χ0v) is 15.6. The first-order valence-corrected chi connectivity index (χ1v) is 8.90. The highest BCUT2D eigenvalue weighted by molar-refractivity contribution is 9.10. The summed E-state index contributed by atoms with van der Waals surface area (Å²) in [4.78, 5) is 9.64. The van der Waals surface area contributed by atoms with E-state index in [4.69, 9.17) is 5.73 Å². The summed E-state index contributed by atoms with van der Waals surface area (Å²) in [6.45, 7) is 3.54. The van der Waals surface area contributed by atoms with Gasteiger partial charge in [-0.15, -0.1) is 12.4 Å². The van der Waals surface area contributed by atoms with Crippen LogP contribution in [-0.2, 0) is 21.2 Å². The van der Waals surface area contributed by atoms with Gasteiger partial charge in [-0.2, -0.15) is 8.78 Å². The monoisotopic (exact) mass is 421 g/mol. The predicted octanol–water partition coefficient (Wildman–Crippen LogP) is 4.42. The summed E-state index contributed by atoms with van der Waals surface area (Å²) in [5, 5.41) is 0. The maximum absolute atomic E-state index is 14.3. The maximum Gasteiger partial charge on any atom is 0.402 e. The van der Waals surface area contributed by atoms with E-state index in [-0.39, 0.29) is 16.9 Å². The lowest BCUT2D eigenvalue weighted by molar-refractivity contribution is 0.0341. The minimum absolute atomic E-state index is 0. The Bertz CT molecular complexity index is 548. The number of hydrogen-bond donors (Lipinski definition) is 2. The van der Waals surface area contributed by atoms with Gasteiger partial charge in [-0.3, -0.25) is 4.57 Å². The number of hydrogen-bond acceptors (Lipinski definition) is 3. The van der Waals surface area contributed by atoms with Gasteiger partial charge in [0, 0.05) is 10.0 Å². The Labute approximate surface area is 143 Å². The maximum atomic E-state index is 14.3. The summed E-state index contributed by atoms with van der Waals surface area (Å²) in [5.74, 6) is 0. The molecular weight excluding hydrogens is 402 g/mol. The van der Waals surface area contributed by atoms with Gasteiger partial charge in [0.05, 0.1) is 6.10 Å². The highest BCUT2D eigenvalue weighted by atomic mass is 79.9. The first-order chi connectivity index (χ1) is 9.65. The highest BCUT2D eigenvalue weighted by Gasteiger charge is 2.54. The van der Waals surface area contributed by atoms with Gasteiger partial charge in [-0.1, -0.05) is 35.0 Å². The van der Waals surface area contributed by atoms with Crippen LogP contribution >= 0.6 is 35.9 Å². The third kappa shape index (κ3) is 4.98. The minimum Gasteiger partial charge on any atom is -0.330 e.